The van der Waals surface area contributed by atoms with Crippen LogP contribution in [0.3, 0.4) is 0 Å². The summed E-state index contributed by atoms with van der Waals surface area (Å²) in [5.41, 5.74) is 0.986. The van der Waals surface area contributed by atoms with E-state index in [1.54, 1.807) is 23.2 Å². The zero-order valence-electron chi connectivity index (χ0n) is 16.3. The number of nitrogens with zero attached hydrogens (tertiary/aromatic N) is 4. The molecule has 0 N–H and O–H groups in total. The van der Waals surface area contributed by atoms with Crippen LogP contribution in [0.25, 0.3) is 0 Å². The van der Waals surface area contributed by atoms with Gasteiger partial charge in [0.25, 0.3) is 0 Å². The number of hydrogen-bond acceptors (Lipinski definition) is 4. The molecule has 0 bridgehead atoms. The molecular formula is C22H25FN4O2. The van der Waals surface area contributed by atoms with Crippen LogP contribution in [0, 0.1) is 11.7 Å². The maximum atomic E-state index is 13.0. The molecule has 2 aromatic rings. The molecule has 3 heterocycles. The largest absolute Gasteiger partial charge is 0.353 e. The first kappa shape index (κ1) is 19.4. The van der Waals surface area contributed by atoms with E-state index < -0.39 is 0 Å². The highest BCUT2D eigenvalue weighted by Crippen LogP contribution is 2.22. The Morgan fingerprint density at radius 3 is 2.52 bits per heavy atom. The van der Waals surface area contributed by atoms with Crippen LogP contribution in [0.5, 0.6) is 0 Å². The fourth-order valence-electron chi connectivity index (χ4n) is 4.02. The van der Waals surface area contributed by atoms with Crippen molar-refractivity contribution in [3.8, 4) is 0 Å². The van der Waals surface area contributed by atoms with Crippen LogP contribution in [0.15, 0.2) is 48.7 Å². The summed E-state index contributed by atoms with van der Waals surface area (Å²) in [5.74, 6) is 0.500. The number of pyridine rings is 1. The van der Waals surface area contributed by atoms with Crippen LogP contribution in [0.1, 0.15) is 12.0 Å². The first-order valence-corrected chi connectivity index (χ1v) is 10.1. The van der Waals surface area contributed by atoms with Crippen LogP contribution in [0.2, 0.25) is 0 Å². The van der Waals surface area contributed by atoms with Gasteiger partial charge in [0.05, 0.1) is 5.92 Å². The summed E-state index contributed by atoms with van der Waals surface area (Å²) >= 11 is 0. The van der Waals surface area contributed by atoms with Crippen molar-refractivity contribution in [2.75, 3.05) is 44.2 Å². The molecule has 7 heteroatoms. The molecule has 29 heavy (non-hydrogen) atoms. The fourth-order valence-corrected chi connectivity index (χ4v) is 4.02. The molecule has 1 aromatic heterocycles. The minimum absolute atomic E-state index is 0.0255. The Morgan fingerprint density at radius 2 is 1.83 bits per heavy atom. The van der Waals surface area contributed by atoms with E-state index in [2.05, 4.69) is 9.88 Å². The van der Waals surface area contributed by atoms with Crippen molar-refractivity contribution in [1.82, 2.24) is 14.8 Å². The summed E-state index contributed by atoms with van der Waals surface area (Å²) < 4.78 is 13.0. The number of carbonyl (C=O) groups excluding carboxylic acids is 2. The van der Waals surface area contributed by atoms with E-state index in [1.807, 2.05) is 23.1 Å². The molecule has 0 saturated carbocycles. The molecule has 1 aromatic carbocycles. The number of piperazine rings is 1. The molecule has 152 valence electrons. The lowest BCUT2D eigenvalue weighted by Crippen LogP contribution is -2.51. The predicted molar refractivity (Wildman–Crippen MR) is 108 cm³/mol. The Labute approximate surface area is 169 Å². The second-order valence-corrected chi connectivity index (χ2v) is 7.62. The summed E-state index contributed by atoms with van der Waals surface area (Å²) in [5, 5.41) is 0. The number of carbonyl (C=O) groups is 2. The molecule has 1 unspecified atom stereocenters. The van der Waals surface area contributed by atoms with Gasteiger partial charge in [-0.05, 0) is 36.2 Å². The molecule has 2 fully saturated rings. The van der Waals surface area contributed by atoms with Gasteiger partial charge in [0.15, 0.2) is 0 Å². The van der Waals surface area contributed by atoms with Crippen LogP contribution in [0.4, 0.5) is 10.2 Å². The zero-order valence-corrected chi connectivity index (χ0v) is 16.3. The second kappa shape index (κ2) is 8.59. The number of likely N-dealkylation sites (tertiary alicyclic amines) is 1. The Hall–Kier alpha value is -2.96. The van der Waals surface area contributed by atoms with E-state index in [-0.39, 0.29) is 30.0 Å². The number of hydrogen-bond donors (Lipinski definition) is 0. The molecule has 4 rings (SSSR count). The average molecular weight is 396 g/mol. The highest BCUT2D eigenvalue weighted by molar-refractivity contribution is 5.89. The van der Waals surface area contributed by atoms with Crippen molar-refractivity contribution in [1.29, 1.82) is 0 Å². The summed E-state index contributed by atoms with van der Waals surface area (Å²) in [7, 11) is 0. The topological polar surface area (TPSA) is 56.8 Å². The van der Waals surface area contributed by atoms with E-state index in [9.17, 15) is 14.0 Å². The Balaban J connectivity index is 1.27. The Bertz CT molecular complexity index is 851. The number of halogens is 1. The molecular weight excluding hydrogens is 371 g/mol. The minimum atomic E-state index is -0.267. The summed E-state index contributed by atoms with van der Waals surface area (Å²) in [6, 6.07) is 12.2. The first-order chi connectivity index (χ1) is 14.1. The number of anilines is 1. The highest BCUT2D eigenvalue weighted by atomic mass is 19.1. The maximum Gasteiger partial charge on any atom is 0.228 e. The molecule has 2 saturated heterocycles. The quantitative estimate of drug-likeness (QED) is 0.775. The molecule has 6 nitrogen and oxygen atoms in total. The molecule has 2 amide bonds. The van der Waals surface area contributed by atoms with Crippen molar-refractivity contribution < 1.29 is 14.0 Å². The highest BCUT2D eigenvalue weighted by Gasteiger charge is 2.37. The predicted octanol–water partition coefficient (Wildman–Crippen LogP) is 1.96. The van der Waals surface area contributed by atoms with Gasteiger partial charge in [0, 0.05) is 51.9 Å². The van der Waals surface area contributed by atoms with E-state index in [0.29, 0.717) is 32.6 Å². The normalized spacial score (nSPS) is 19.7. The molecule has 0 spiro atoms. The molecule has 2 aliphatic heterocycles. The van der Waals surface area contributed by atoms with E-state index in [4.69, 9.17) is 0 Å². The van der Waals surface area contributed by atoms with Crippen molar-refractivity contribution >= 4 is 17.6 Å². The zero-order chi connectivity index (χ0) is 20.2. The number of rotatable bonds is 5. The molecule has 1 atom stereocenters. The maximum absolute atomic E-state index is 13.0. The lowest BCUT2D eigenvalue weighted by atomic mass is 10.1. The van der Waals surface area contributed by atoms with Crippen LogP contribution >= 0.6 is 0 Å². The SMILES string of the molecule is O=C1CC(C(=O)N2CCN(c3ccccn3)CC2)CN1CCc1ccc(F)cc1. The summed E-state index contributed by atoms with van der Waals surface area (Å²) in [4.78, 5) is 35.5. The third-order valence-corrected chi connectivity index (χ3v) is 5.71. The van der Waals surface area contributed by atoms with Gasteiger partial charge in [-0.2, -0.15) is 0 Å². The van der Waals surface area contributed by atoms with Crippen molar-refractivity contribution in [3.05, 3.63) is 60.0 Å². The average Bonchev–Trinajstić information content (AvgIpc) is 3.14. The number of aromatic nitrogens is 1. The number of benzene rings is 1. The van der Waals surface area contributed by atoms with Gasteiger partial charge in [-0.15, -0.1) is 0 Å². The van der Waals surface area contributed by atoms with Crippen molar-refractivity contribution in [2.24, 2.45) is 5.92 Å². The summed E-state index contributed by atoms with van der Waals surface area (Å²) in [6.07, 6.45) is 2.72. The molecule has 2 aliphatic rings. The Morgan fingerprint density at radius 1 is 1.07 bits per heavy atom. The smallest absolute Gasteiger partial charge is 0.228 e. The van der Waals surface area contributed by atoms with Gasteiger partial charge in [-0.3, -0.25) is 9.59 Å². The van der Waals surface area contributed by atoms with Gasteiger partial charge in [-0.25, -0.2) is 9.37 Å². The lowest BCUT2D eigenvalue weighted by Gasteiger charge is -2.36. The van der Waals surface area contributed by atoms with E-state index >= 15 is 0 Å². The van der Waals surface area contributed by atoms with Gasteiger partial charge >= 0.3 is 0 Å². The third kappa shape index (κ3) is 4.55. The van der Waals surface area contributed by atoms with Crippen molar-refractivity contribution in [3.63, 3.8) is 0 Å². The fraction of sp³-hybridized carbons (Fsp3) is 0.409. The van der Waals surface area contributed by atoms with Crippen LogP contribution in [-0.2, 0) is 16.0 Å². The first-order valence-electron chi connectivity index (χ1n) is 10.1. The Kier molecular flexibility index (Phi) is 5.74. The second-order valence-electron chi connectivity index (χ2n) is 7.62. The minimum Gasteiger partial charge on any atom is -0.353 e. The standard InChI is InChI=1S/C22H25FN4O2/c23-19-6-4-17(5-7-19)8-10-27-16-18(15-21(27)28)22(29)26-13-11-25(12-14-26)20-3-1-2-9-24-20/h1-7,9,18H,8,10-16H2. The summed E-state index contributed by atoms with van der Waals surface area (Å²) in [6.45, 7) is 3.82. The van der Waals surface area contributed by atoms with Crippen LogP contribution < -0.4 is 4.90 Å². The monoisotopic (exact) mass is 396 g/mol. The van der Waals surface area contributed by atoms with E-state index in [0.717, 1.165) is 24.5 Å². The molecule has 0 aliphatic carbocycles. The van der Waals surface area contributed by atoms with Gasteiger partial charge < -0.3 is 14.7 Å². The lowest BCUT2D eigenvalue weighted by molar-refractivity contribution is -0.136. The van der Waals surface area contributed by atoms with Crippen LogP contribution in [-0.4, -0.2) is 65.9 Å². The van der Waals surface area contributed by atoms with Gasteiger partial charge in [-0.1, -0.05) is 18.2 Å². The van der Waals surface area contributed by atoms with Crippen molar-refractivity contribution in [2.45, 2.75) is 12.8 Å². The van der Waals surface area contributed by atoms with Gasteiger partial charge in [0.2, 0.25) is 11.8 Å². The van der Waals surface area contributed by atoms with Gasteiger partial charge in [0.1, 0.15) is 11.6 Å². The third-order valence-electron chi connectivity index (χ3n) is 5.71. The molecule has 0 radical (unpaired) electrons. The van der Waals surface area contributed by atoms with E-state index in [1.165, 1.54) is 12.1 Å². The number of amides is 2.